The smallest absolute Gasteiger partial charge is 0.213 e. The van der Waals surface area contributed by atoms with Crippen LogP contribution in [0.3, 0.4) is 0 Å². The molecule has 0 unspecified atom stereocenters. The summed E-state index contributed by atoms with van der Waals surface area (Å²) >= 11 is 0. The van der Waals surface area contributed by atoms with E-state index in [0.29, 0.717) is 29.8 Å². The van der Waals surface area contributed by atoms with E-state index in [1.54, 1.807) is 0 Å². The molecule has 0 aliphatic heterocycles. The molecule has 0 bridgehead atoms. The first-order valence-electron chi connectivity index (χ1n) is 5.96. The molecule has 2 rings (SSSR count). The van der Waals surface area contributed by atoms with Gasteiger partial charge in [-0.1, -0.05) is 19.0 Å². The van der Waals surface area contributed by atoms with Gasteiger partial charge in [-0.3, -0.25) is 0 Å². The van der Waals surface area contributed by atoms with Crippen LogP contribution in [0, 0.1) is 6.92 Å². The van der Waals surface area contributed by atoms with Gasteiger partial charge in [0, 0.05) is 11.5 Å². The number of hydrogen-bond donors (Lipinski definition) is 3. The van der Waals surface area contributed by atoms with Gasteiger partial charge in [-0.2, -0.15) is 4.98 Å². The highest BCUT2D eigenvalue weighted by Gasteiger charge is 2.12. The Balaban J connectivity index is 2.24. The van der Waals surface area contributed by atoms with Crippen LogP contribution in [0.4, 0.5) is 11.6 Å². The molecular formula is C11H17N7O. The third-order valence-electron chi connectivity index (χ3n) is 2.64. The van der Waals surface area contributed by atoms with Crippen LogP contribution in [0.5, 0.6) is 0 Å². The summed E-state index contributed by atoms with van der Waals surface area (Å²) in [5.41, 5.74) is 3.43. The fourth-order valence-electron chi connectivity index (χ4n) is 1.54. The van der Waals surface area contributed by atoms with Crippen molar-refractivity contribution in [2.45, 2.75) is 33.2 Å². The molecule has 0 radical (unpaired) electrons. The first-order chi connectivity index (χ1) is 9.11. The van der Waals surface area contributed by atoms with E-state index in [1.165, 1.54) is 6.39 Å². The largest absolute Gasteiger partial charge is 0.362 e. The van der Waals surface area contributed by atoms with E-state index >= 15 is 0 Å². The fourth-order valence-corrected chi connectivity index (χ4v) is 1.54. The number of rotatable bonds is 5. The van der Waals surface area contributed by atoms with Crippen molar-refractivity contribution in [3.63, 3.8) is 0 Å². The minimum absolute atomic E-state index is 0.207. The van der Waals surface area contributed by atoms with Crippen molar-refractivity contribution >= 4 is 11.6 Å². The number of nitrogens with zero attached hydrogens (tertiary/aromatic N) is 4. The maximum Gasteiger partial charge on any atom is 0.213 e. The maximum atomic E-state index is 5.47. The summed E-state index contributed by atoms with van der Waals surface area (Å²) in [4.78, 5) is 12.8. The molecule has 0 aromatic carbocycles. The molecule has 0 aliphatic carbocycles. The molecule has 8 nitrogen and oxygen atoms in total. The van der Waals surface area contributed by atoms with Gasteiger partial charge in [0.2, 0.25) is 6.39 Å². The van der Waals surface area contributed by atoms with E-state index < -0.39 is 0 Å². The molecular weight excluding hydrogens is 246 g/mol. The Bertz CT molecular complexity index is 538. The lowest BCUT2D eigenvalue weighted by molar-refractivity contribution is 0.411. The van der Waals surface area contributed by atoms with E-state index in [4.69, 9.17) is 5.84 Å². The summed E-state index contributed by atoms with van der Waals surface area (Å²) in [5.74, 6) is 8.27. The van der Waals surface area contributed by atoms with Crippen molar-refractivity contribution in [2.75, 3.05) is 10.7 Å². The van der Waals surface area contributed by atoms with E-state index in [9.17, 15) is 0 Å². The van der Waals surface area contributed by atoms with Crippen molar-refractivity contribution < 1.29 is 4.52 Å². The van der Waals surface area contributed by atoms with Crippen LogP contribution in [0.1, 0.15) is 37.0 Å². The number of anilines is 2. The molecule has 0 aliphatic rings. The zero-order chi connectivity index (χ0) is 13.8. The lowest BCUT2D eigenvalue weighted by Crippen LogP contribution is -2.15. The highest BCUT2D eigenvalue weighted by atomic mass is 16.5. The first-order valence-corrected chi connectivity index (χ1v) is 5.96. The molecule has 2 aromatic heterocycles. The zero-order valence-corrected chi connectivity index (χ0v) is 11.1. The monoisotopic (exact) mass is 263 g/mol. The molecule has 0 saturated carbocycles. The van der Waals surface area contributed by atoms with Crippen LogP contribution in [-0.4, -0.2) is 20.1 Å². The van der Waals surface area contributed by atoms with Crippen molar-refractivity contribution in [3.8, 4) is 0 Å². The zero-order valence-electron chi connectivity index (χ0n) is 11.1. The Hall–Kier alpha value is -2.22. The Kier molecular flexibility index (Phi) is 3.91. The lowest BCUT2D eigenvalue weighted by atomic mass is 10.2. The molecule has 8 heteroatoms. The molecule has 0 amide bonds. The van der Waals surface area contributed by atoms with Crippen LogP contribution in [0.2, 0.25) is 0 Å². The van der Waals surface area contributed by atoms with Gasteiger partial charge >= 0.3 is 0 Å². The minimum atomic E-state index is 0.207. The van der Waals surface area contributed by atoms with Crippen LogP contribution in [0.25, 0.3) is 0 Å². The summed E-state index contributed by atoms with van der Waals surface area (Å²) < 4.78 is 4.67. The lowest BCUT2D eigenvalue weighted by Gasteiger charge is -2.14. The van der Waals surface area contributed by atoms with Crippen molar-refractivity contribution in [1.82, 2.24) is 20.1 Å². The van der Waals surface area contributed by atoms with Crippen LogP contribution >= 0.6 is 0 Å². The van der Waals surface area contributed by atoms with Gasteiger partial charge in [-0.15, -0.1) is 0 Å². The van der Waals surface area contributed by atoms with Gasteiger partial charge < -0.3 is 15.3 Å². The number of nitrogens with one attached hydrogen (secondary N) is 2. The van der Waals surface area contributed by atoms with Gasteiger partial charge in [0.1, 0.15) is 17.5 Å². The summed E-state index contributed by atoms with van der Waals surface area (Å²) in [7, 11) is 0. The second-order valence-electron chi connectivity index (χ2n) is 4.40. The number of nitrogen functional groups attached to an aromatic ring is 1. The molecule has 19 heavy (non-hydrogen) atoms. The Morgan fingerprint density at radius 1 is 1.32 bits per heavy atom. The number of aromatic nitrogens is 4. The highest BCUT2D eigenvalue weighted by molar-refractivity contribution is 5.56. The molecule has 102 valence electrons. The molecule has 0 atom stereocenters. The number of hydrazine groups is 1. The molecule has 2 aromatic rings. The van der Waals surface area contributed by atoms with E-state index in [-0.39, 0.29) is 5.92 Å². The number of hydrogen-bond acceptors (Lipinski definition) is 8. The van der Waals surface area contributed by atoms with Crippen LogP contribution < -0.4 is 16.6 Å². The van der Waals surface area contributed by atoms with E-state index in [2.05, 4.69) is 35.4 Å². The normalized spacial score (nSPS) is 10.8. The Labute approximate surface area is 110 Å². The van der Waals surface area contributed by atoms with Gasteiger partial charge in [-0.05, 0) is 6.92 Å². The fraction of sp³-hybridized carbons (Fsp3) is 0.455. The first kappa shape index (κ1) is 13.2. The number of nitrogens with two attached hydrogens (primary N) is 1. The molecule has 0 saturated heterocycles. The van der Waals surface area contributed by atoms with E-state index in [0.717, 1.165) is 5.56 Å². The summed E-state index contributed by atoms with van der Waals surface area (Å²) in [6.07, 6.45) is 1.29. The molecule has 0 fully saturated rings. The molecule has 2 heterocycles. The second kappa shape index (κ2) is 5.61. The second-order valence-corrected chi connectivity index (χ2v) is 4.40. The van der Waals surface area contributed by atoms with E-state index in [1.807, 2.05) is 20.8 Å². The van der Waals surface area contributed by atoms with Gasteiger partial charge in [-0.25, -0.2) is 15.8 Å². The molecule has 0 spiro atoms. The SMILES string of the molecule is Cc1c(NN)nc(C(C)C)nc1NCc1ncon1. The standard InChI is InChI=1S/C11H17N7O/c1-6(2)9-15-10(7(3)11(16-9)17-12)13-4-8-14-5-19-18-8/h5-6H,4,12H2,1-3H3,(H2,13,15,16,17). The third kappa shape index (κ3) is 2.97. The quantitative estimate of drug-likeness (QED) is 0.544. The van der Waals surface area contributed by atoms with Gasteiger partial charge in [0.05, 0.1) is 6.54 Å². The third-order valence-corrected chi connectivity index (χ3v) is 2.64. The summed E-state index contributed by atoms with van der Waals surface area (Å²) in [6.45, 7) is 6.36. The predicted molar refractivity (Wildman–Crippen MR) is 70.3 cm³/mol. The van der Waals surface area contributed by atoms with Crippen molar-refractivity contribution in [1.29, 1.82) is 0 Å². The van der Waals surface area contributed by atoms with Gasteiger partial charge in [0.15, 0.2) is 5.82 Å². The summed E-state index contributed by atoms with van der Waals surface area (Å²) in [5, 5.41) is 6.88. The summed E-state index contributed by atoms with van der Waals surface area (Å²) in [6, 6.07) is 0. The van der Waals surface area contributed by atoms with Gasteiger partial charge in [0.25, 0.3) is 0 Å². The topological polar surface area (TPSA) is 115 Å². The molecule has 4 N–H and O–H groups in total. The van der Waals surface area contributed by atoms with Crippen LogP contribution in [0.15, 0.2) is 10.9 Å². The average Bonchev–Trinajstić information content (AvgIpc) is 2.90. The Morgan fingerprint density at radius 3 is 2.63 bits per heavy atom. The Morgan fingerprint density at radius 2 is 2.05 bits per heavy atom. The maximum absolute atomic E-state index is 5.47. The minimum Gasteiger partial charge on any atom is -0.362 e. The van der Waals surface area contributed by atoms with Crippen LogP contribution in [-0.2, 0) is 6.54 Å². The highest BCUT2D eigenvalue weighted by Crippen LogP contribution is 2.22. The van der Waals surface area contributed by atoms with Crippen molar-refractivity contribution in [3.05, 3.63) is 23.6 Å². The van der Waals surface area contributed by atoms with Crippen molar-refractivity contribution in [2.24, 2.45) is 5.84 Å². The predicted octanol–water partition coefficient (Wildman–Crippen LogP) is 1.19. The average molecular weight is 263 g/mol.